The molecule has 1 N–H and O–H groups in total. The van der Waals surface area contributed by atoms with Gasteiger partial charge in [0.15, 0.2) is 11.5 Å². The topological polar surface area (TPSA) is 76.1 Å². The number of ether oxygens (including phenoxy) is 2. The molecule has 0 radical (unpaired) electrons. The van der Waals surface area contributed by atoms with Gasteiger partial charge in [-0.15, -0.1) is 0 Å². The van der Waals surface area contributed by atoms with Gasteiger partial charge in [-0.05, 0) is 64.0 Å². The molecule has 6 nitrogen and oxygen atoms in total. The number of hydrogen-bond donors (Lipinski definition) is 1. The third-order valence-corrected chi connectivity index (χ3v) is 6.46. The maximum atomic E-state index is 13.2. The number of hydrogen-bond acceptors (Lipinski definition) is 5. The van der Waals surface area contributed by atoms with Crippen LogP contribution in [0.15, 0.2) is 78.4 Å². The molecular formula is C26H20INO5. The molecule has 0 bridgehead atoms. The van der Waals surface area contributed by atoms with Crippen LogP contribution in [0.5, 0.6) is 11.5 Å². The van der Waals surface area contributed by atoms with E-state index in [-0.39, 0.29) is 17.9 Å². The highest BCUT2D eigenvalue weighted by Gasteiger charge is 2.46. The molecule has 3 aromatic carbocycles. The molecule has 1 saturated heterocycles. The molecule has 2 aliphatic heterocycles. The van der Waals surface area contributed by atoms with Crippen LogP contribution >= 0.6 is 22.6 Å². The fourth-order valence-electron chi connectivity index (χ4n) is 4.16. The van der Waals surface area contributed by atoms with Crippen LogP contribution in [0.25, 0.3) is 5.76 Å². The van der Waals surface area contributed by atoms with E-state index in [1.54, 1.807) is 18.2 Å². The average Bonchev–Trinajstić information content (AvgIpc) is 3.09. The third-order valence-electron chi connectivity index (χ3n) is 5.74. The van der Waals surface area contributed by atoms with E-state index in [0.717, 1.165) is 14.7 Å². The number of ketones is 1. The molecular weight excluding hydrogens is 533 g/mol. The number of rotatable bonds is 4. The van der Waals surface area contributed by atoms with Crippen molar-refractivity contribution in [3.63, 3.8) is 0 Å². The Bertz CT molecular complexity index is 1250. The SMILES string of the molecule is O=C1C(=O)N(Cc2ccccc2)C(c2ccc(I)cc2)/C1=C(\O)c1ccc2c(c1)OCCO2. The Hall–Kier alpha value is -3.33. The van der Waals surface area contributed by atoms with Crippen molar-refractivity contribution in [2.45, 2.75) is 12.6 Å². The highest BCUT2D eigenvalue weighted by Crippen LogP contribution is 2.41. The number of carbonyl (C=O) groups is 2. The predicted octanol–water partition coefficient (Wildman–Crippen LogP) is 4.68. The summed E-state index contributed by atoms with van der Waals surface area (Å²) in [5.74, 6) is -0.501. The van der Waals surface area contributed by atoms with Crippen LogP contribution in [0.3, 0.4) is 0 Å². The third kappa shape index (κ3) is 4.08. The summed E-state index contributed by atoms with van der Waals surface area (Å²) < 4.78 is 12.2. The van der Waals surface area contributed by atoms with E-state index in [1.165, 1.54) is 4.90 Å². The van der Waals surface area contributed by atoms with E-state index >= 15 is 0 Å². The van der Waals surface area contributed by atoms with Crippen LogP contribution in [0.2, 0.25) is 0 Å². The lowest BCUT2D eigenvalue weighted by atomic mass is 9.95. The van der Waals surface area contributed by atoms with Crippen molar-refractivity contribution in [3.8, 4) is 11.5 Å². The van der Waals surface area contributed by atoms with E-state index < -0.39 is 17.7 Å². The van der Waals surface area contributed by atoms with Crippen LogP contribution in [0.4, 0.5) is 0 Å². The first-order valence-corrected chi connectivity index (χ1v) is 11.6. The molecule has 1 unspecified atom stereocenters. The number of benzene rings is 3. The summed E-state index contributed by atoms with van der Waals surface area (Å²) in [7, 11) is 0. The first kappa shape index (κ1) is 21.5. The minimum atomic E-state index is -0.713. The van der Waals surface area contributed by atoms with Gasteiger partial charge in [-0.25, -0.2) is 0 Å². The number of nitrogens with zero attached hydrogens (tertiary/aromatic N) is 1. The maximum absolute atomic E-state index is 13.2. The van der Waals surface area contributed by atoms with Crippen molar-refractivity contribution in [1.82, 2.24) is 4.90 Å². The Balaban J connectivity index is 1.63. The van der Waals surface area contributed by atoms with Crippen molar-refractivity contribution in [1.29, 1.82) is 0 Å². The van der Waals surface area contributed by atoms with E-state index in [4.69, 9.17) is 9.47 Å². The lowest BCUT2D eigenvalue weighted by Crippen LogP contribution is -2.29. The van der Waals surface area contributed by atoms with Crippen LogP contribution in [-0.2, 0) is 16.1 Å². The largest absolute Gasteiger partial charge is 0.507 e. The molecule has 1 atom stereocenters. The zero-order chi connectivity index (χ0) is 22.9. The van der Waals surface area contributed by atoms with Gasteiger partial charge in [0.1, 0.15) is 19.0 Å². The van der Waals surface area contributed by atoms with Crippen LogP contribution in [0.1, 0.15) is 22.7 Å². The van der Waals surface area contributed by atoms with Gasteiger partial charge in [-0.3, -0.25) is 9.59 Å². The summed E-state index contributed by atoms with van der Waals surface area (Å²) in [6.07, 6.45) is 0. The van der Waals surface area contributed by atoms with Gasteiger partial charge < -0.3 is 19.5 Å². The van der Waals surface area contributed by atoms with Crippen molar-refractivity contribution < 1.29 is 24.2 Å². The van der Waals surface area contributed by atoms with Gasteiger partial charge in [-0.1, -0.05) is 42.5 Å². The van der Waals surface area contributed by atoms with E-state index in [0.29, 0.717) is 30.3 Å². The van der Waals surface area contributed by atoms with Gasteiger partial charge in [0, 0.05) is 15.7 Å². The predicted molar refractivity (Wildman–Crippen MR) is 131 cm³/mol. The monoisotopic (exact) mass is 553 g/mol. The van der Waals surface area contributed by atoms with Crippen molar-refractivity contribution in [2.24, 2.45) is 0 Å². The Morgan fingerprint density at radius 2 is 1.64 bits per heavy atom. The number of Topliss-reactive ketones (excluding diaryl/α,β-unsaturated/α-hetero) is 1. The Morgan fingerprint density at radius 1 is 0.939 bits per heavy atom. The first-order chi connectivity index (χ1) is 16.0. The Labute approximate surface area is 204 Å². The minimum absolute atomic E-state index is 0.0637. The number of halogens is 1. The minimum Gasteiger partial charge on any atom is -0.507 e. The molecule has 2 heterocycles. The molecule has 33 heavy (non-hydrogen) atoms. The lowest BCUT2D eigenvalue weighted by molar-refractivity contribution is -0.140. The number of aliphatic hydroxyl groups excluding tert-OH is 1. The number of likely N-dealkylation sites (tertiary alicyclic amines) is 1. The fourth-order valence-corrected chi connectivity index (χ4v) is 4.52. The van der Waals surface area contributed by atoms with Gasteiger partial charge in [0.05, 0.1) is 11.6 Å². The zero-order valence-electron chi connectivity index (χ0n) is 17.5. The Kier molecular flexibility index (Phi) is 5.80. The Morgan fingerprint density at radius 3 is 2.36 bits per heavy atom. The summed E-state index contributed by atoms with van der Waals surface area (Å²) in [4.78, 5) is 27.8. The lowest BCUT2D eigenvalue weighted by Gasteiger charge is -2.25. The van der Waals surface area contributed by atoms with Gasteiger partial charge in [0.2, 0.25) is 0 Å². The number of amides is 1. The normalized spacial score (nSPS) is 19.1. The van der Waals surface area contributed by atoms with Crippen molar-refractivity contribution in [3.05, 3.63) is 98.6 Å². The molecule has 0 aromatic heterocycles. The molecule has 7 heteroatoms. The molecule has 2 aliphatic rings. The summed E-state index contributed by atoms with van der Waals surface area (Å²) in [5.41, 5.74) is 2.11. The molecule has 1 amide bonds. The summed E-state index contributed by atoms with van der Waals surface area (Å²) in [6.45, 7) is 1.11. The van der Waals surface area contributed by atoms with E-state index in [9.17, 15) is 14.7 Å². The zero-order valence-corrected chi connectivity index (χ0v) is 19.7. The molecule has 0 aliphatic carbocycles. The smallest absolute Gasteiger partial charge is 0.295 e. The van der Waals surface area contributed by atoms with Crippen LogP contribution in [0, 0.1) is 3.57 Å². The highest BCUT2D eigenvalue weighted by atomic mass is 127. The molecule has 166 valence electrons. The van der Waals surface area contributed by atoms with Crippen molar-refractivity contribution >= 4 is 40.0 Å². The quantitative estimate of drug-likeness (QED) is 0.220. The molecule has 0 spiro atoms. The van der Waals surface area contributed by atoms with E-state index in [2.05, 4.69) is 22.6 Å². The number of aliphatic hydroxyl groups is 1. The maximum Gasteiger partial charge on any atom is 0.295 e. The summed E-state index contributed by atoms with van der Waals surface area (Å²) in [5, 5.41) is 11.3. The van der Waals surface area contributed by atoms with Gasteiger partial charge in [0.25, 0.3) is 11.7 Å². The molecule has 0 saturated carbocycles. The first-order valence-electron chi connectivity index (χ1n) is 10.5. The standard InChI is InChI=1S/C26H20INO5/c27-19-9-6-17(7-10-19)23-22(24(29)18-8-11-20-21(14-18)33-13-12-32-20)25(30)26(31)28(23)15-16-4-2-1-3-5-16/h1-11,14,23,29H,12-13,15H2/b24-22+. The second-order valence-corrected chi connectivity index (χ2v) is 9.07. The van der Waals surface area contributed by atoms with Gasteiger partial charge in [-0.2, -0.15) is 0 Å². The fraction of sp³-hybridized carbons (Fsp3) is 0.154. The second kappa shape index (κ2) is 8.90. The number of carbonyl (C=O) groups excluding carboxylic acids is 2. The highest BCUT2D eigenvalue weighted by molar-refractivity contribution is 14.1. The summed E-state index contributed by atoms with van der Waals surface area (Å²) in [6, 6.07) is 21.4. The summed E-state index contributed by atoms with van der Waals surface area (Å²) >= 11 is 2.21. The number of fused-ring (bicyclic) bond motifs is 1. The van der Waals surface area contributed by atoms with Crippen molar-refractivity contribution in [2.75, 3.05) is 13.2 Å². The molecule has 3 aromatic rings. The molecule has 1 fully saturated rings. The van der Waals surface area contributed by atoms with Gasteiger partial charge >= 0.3 is 0 Å². The second-order valence-electron chi connectivity index (χ2n) is 7.82. The molecule has 5 rings (SSSR count). The van der Waals surface area contributed by atoms with Crippen LogP contribution < -0.4 is 9.47 Å². The van der Waals surface area contributed by atoms with E-state index in [1.807, 2.05) is 54.6 Å². The average molecular weight is 553 g/mol. The van der Waals surface area contributed by atoms with Crippen LogP contribution in [-0.4, -0.2) is 34.9 Å².